The van der Waals surface area contributed by atoms with Crippen molar-refractivity contribution >= 4 is 29.1 Å². The van der Waals surface area contributed by atoms with Crippen LogP contribution in [0.2, 0.25) is 0 Å². The molecule has 20 heavy (non-hydrogen) atoms. The number of rotatable bonds is 2. The molecular weight excluding hydrogens is 278 g/mol. The predicted molar refractivity (Wildman–Crippen MR) is 79.7 cm³/mol. The third-order valence-electron chi connectivity index (χ3n) is 3.26. The van der Waals surface area contributed by atoms with E-state index < -0.39 is 11.7 Å². The molecular formula is C14H23NO4S. The molecule has 2 unspecified atom stereocenters. The van der Waals surface area contributed by atoms with E-state index in [9.17, 15) is 9.59 Å². The summed E-state index contributed by atoms with van der Waals surface area (Å²) in [6.07, 6.45) is 0.881. The van der Waals surface area contributed by atoms with Crippen LogP contribution >= 0.6 is 12.2 Å². The van der Waals surface area contributed by atoms with Crippen LogP contribution in [0.5, 0.6) is 0 Å². The van der Waals surface area contributed by atoms with Gasteiger partial charge in [0, 0.05) is 12.5 Å². The normalized spacial score (nSPS) is 23.1. The SMILES string of the molecule is COC(=S)C1CCC(C(C)=O)CN1C(=O)OC(C)(C)C. The van der Waals surface area contributed by atoms with Gasteiger partial charge < -0.3 is 9.47 Å². The summed E-state index contributed by atoms with van der Waals surface area (Å²) in [5.41, 5.74) is -0.584. The van der Waals surface area contributed by atoms with Crippen LogP contribution in [-0.2, 0) is 14.3 Å². The number of ether oxygens (including phenoxy) is 2. The van der Waals surface area contributed by atoms with Gasteiger partial charge in [0.1, 0.15) is 17.4 Å². The van der Waals surface area contributed by atoms with Crippen LogP contribution in [0.3, 0.4) is 0 Å². The lowest BCUT2D eigenvalue weighted by molar-refractivity contribution is -0.122. The van der Waals surface area contributed by atoms with Crippen molar-refractivity contribution in [2.45, 2.75) is 52.2 Å². The van der Waals surface area contributed by atoms with Crippen molar-refractivity contribution in [3.05, 3.63) is 0 Å². The van der Waals surface area contributed by atoms with Gasteiger partial charge in [-0.1, -0.05) is 0 Å². The lowest BCUT2D eigenvalue weighted by Gasteiger charge is -2.39. The van der Waals surface area contributed by atoms with Gasteiger partial charge in [-0.05, 0) is 52.8 Å². The third kappa shape index (κ3) is 4.44. The Labute approximate surface area is 125 Å². The van der Waals surface area contributed by atoms with Gasteiger partial charge in [0.05, 0.1) is 7.11 Å². The van der Waals surface area contributed by atoms with E-state index in [-0.39, 0.29) is 17.7 Å². The van der Waals surface area contributed by atoms with Crippen LogP contribution in [0, 0.1) is 5.92 Å². The molecule has 0 aliphatic carbocycles. The first kappa shape index (κ1) is 16.9. The average Bonchev–Trinajstić information content (AvgIpc) is 2.35. The van der Waals surface area contributed by atoms with E-state index in [0.717, 1.165) is 0 Å². The molecule has 2 atom stereocenters. The van der Waals surface area contributed by atoms with E-state index in [4.69, 9.17) is 21.7 Å². The van der Waals surface area contributed by atoms with Crippen LogP contribution < -0.4 is 0 Å². The number of ketones is 1. The molecule has 1 amide bonds. The number of thiocarbonyl (C=S) groups is 1. The summed E-state index contributed by atoms with van der Waals surface area (Å²) in [5, 5.41) is 0.359. The van der Waals surface area contributed by atoms with E-state index in [1.807, 2.05) is 0 Å². The Bertz CT molecular complexity index is 402. The quantitative estimate of drug-likeness (QED) is 0.734. The maximum absolute atomic E-state index is 12.3. The number of carbonyl (C=O) groups is 2. The molecule has 1 saturated heterocycles. The Hall–Kier alpha value is -1.17. The van der Waals surface area contributed by atoms with Gasteiger partial charge in [0.2, 0.25) is 0 Å². The van der Waals surface area contributed by atoms with Crippen molar-refractivity contribution in [2.75, 3.05) is 13.7 Å². The van der Waals surface area contributed by atoms with Gasteiger partial charge in [0.15, 0.2) is 5.05 Å². The molecule has 1 rings (SSSR count). The molecule has 0 bridgehead atoms. The topological polar surface area (TPSA) is 55.8 Å². The van der Waals surface area contributed by atoms with Gasteiger partial charge >= 0.3 is 6.09 Å². The number of methoxy groups -OCH3 is 1. The fourth-order valence-corrected chi connectivity index (χ4v) is 2.45. The Morgan fingerprint density at radius 3 is 2.30 bits per heavy atom. The molecule has 1 fully saturated rings. The lowest BCUT2D eigenvalue weighted by Crippen LogP contribution is -2.53. The minimum absolute atomic E-state index is 0.0837. The highest BCUT2D eigenvalue weighted by molar-refractivity contribution is 7.80. The number of piperidine rings is 1. The molecule has 0 aromatic carbocycles. The van der Waals surface area contributed by atoms with Crippen LogP contribution in [0.15, 0.2) is 0 Å². The van der Waals surface area contributed by atoms with Crippen molar-refractivity contribution in [1.29, 1.82) is 0 Å². The molecule has 0 radical (unpaired) electrons. The molecule has 0 saturated carbocycles. The van der Waals surface area contributed by atoms with Crippen molar-refractivity contribution in [1.82, 2.24) is 4.90 Å². The van der Waals surface area contributed by atoms with Crippen molar-refractivity contribution in [3.8, 4) is 0 Å². The number of hydrogen-bond donors (Lipinski definition) is 0. The lowest BCUT2D eigenvalue weighted by atomic mass is 9.90. The summed E-state index contributed by atoms with van der Waals surface area (Å²) in [5.74, 6) is -0.0706. The Kier molecular flexibility index (Phi) is 5.50. The standard InChI is InChI=1S/C14H23NO4S/c1-9(16)10-6-7-11(12(20)18-5)15(8-10)13(17)19-14(2,3)4/h10-11H,6-8H2,1-5H3. The molecule has 6 heteroatoms. The Balaban J connectivity index is 2.89. The summed E-state index contributed by atoms with van der Waals surface area (Å²) in [6.45, 7) is 7.30. The summed E-state index contributed by atoms with van der Waals surface area (Å²) in [4.78, 5) is 25.4. The van der Waals surface area contributed by atoms with Crippen LogP contribution in [0.4, 0.5) is 4.79 Å². The highest BCUT2D eigenvalue weighted by Gasteiger charge is 2.38. The van der Waals surface area contributed by atoms with Crippen LogP contribution in [-0.4, -0.2) is 47.1 Å². The summed E-state index contributed by atoms with van der Waals surface area (Å²) in [7, 11) is 1.49. The first-order valence-electron chi connectivity index (χ1n) is 6.73. The maximum atomic E-state index is 12.3. The smallest absolute Gasteiger partial charge is 0.410 e. The zero-order valence-electron chi connectivity index (χ0n) is 12.8. The van der Waals surface area contributed by atoms with Crippen LogP contribution in [0.1, 0.15) is 40.5 Å². The van der Waals surface area contributed by atoms with Gasteiger partial charge in [-0.25, -0.2) is 4.79 Å². The Morgan fingerprint density at radius 2 is 1.85 bits per heavy atom. The van der Waals surface area contributed by atoms with Crippen molar-refractivity contribution in [2.24, 2.45) is 5.92 Å². The molecule has 0 N–H and O–H groups in total. The monoisotopic (exact) mass is 301 g/mol. The van der Waals surface area contributed by atoms with Gasteiger partial charge in [0.25, 0.3) is 0 Å². The predicted octanol–water partition coefficient (Wildman–Crippen LogP) is 2.56. The highest BCUT2D eigenvalue weighted by atomic mass is 32.1. The summed E-state index contributed by atoms with van der Waals surface area (Å²) < 4.78 is 10.5. The number of likely N-dealkylation sites (tertiary alicyclic amines) is 1. The molecule has 5 nitrogen and oxygen atoms in total. The molecule has 1 aliphatic heterocycles. The number of nitrogens with zero attached hydrogens (tertiary/aromatic N) is 1. The van der Waals surface area contributed by atoms with E-state index in [0.29, 0.717) is 24.4 Å². The number of carbonyl (C=O) groups excluding carboxylic acids is 2. The molecule has 0 aromatic heterocycles. The fourth-order valence-electron chi connectivity index (χ4n) is 2.21. The first-order chi connectivity index (χ1) is 9.15. The Morgan fingerprint density at radius 1 is 1.25 bits per heavy atom. The molecule has 1 aliphatic rings. The molecule has 114 valence electrons. The molecule has 0 spiro atoms. The summed E-state index contributed by atoms with van der Waals surface area (Å²) >= 11 is 5.16. The van der Waals surface area contributed by atoms with Crippen molar-refractivity contribution in [3.63, 3.8) is 0 Å². The first-order valence-corrected chi connectivity index (χ1v) is 7.14. The molecule has 1 heterocycles. The number of Topliss-reactive ketones (excluding diaryl/α,β-unsaturated/α-hetero) is 1. The van der Waals surface area contributed by atoms with E-state index in [1.54, 1.807) is 27.7 Å². The van der Waals surface area contributed by atoms with Crippen LogP contribution in [0.25, 0.3) is 0 Å². The van der Waals surface area contributed by atoms with Gasteiger partial charge in [-0.3, -0.25) is 9.69 Å². The zero-order valence-corrected chi connectivity index (χ0v) is 13.6. The van der Waals surface area contributed by atoms with E-state index >= 15 is 0 Å². The third-order valence-corrected chi connectivity index (χ3v) is 3.70. The van der Waals surface area contributed by atoms with Gasteiger partial charge in [-0.2, -0.15) is 0 Å². The maximum Gasteiger partial charge on any atom is 0.410 e. The minimum atomic E-state index is -0.584. The number of amides is 1. The second kappa shape index (κ2) is 6.52. The minimum Gasteiger partial charge on any atom is -0.488 e. The summed E-state index contributed by atoms with van der Waals surface area (Å²) in [6, 6.07) is -0.305. The highest BCUT2D eigenvalue weighted by Crippen LogP contribution is 2.26. The van der Waals surface area contributed by atoms with E-state index in [1.165, 1.54) is 12.0 Å². The average molecular weight is 301 g/mol. The zero-order chi connectivity index (χ0) is 15.5. The molecule has 0 aromatic rings. The largest absolute Gasteiger partial charge is 0.488 e. The van der Waals surface area contributed by atoms with Crippen molar-refractivity contribution < 1.29 is 19.1 Å². The fraction of sp³-hybridized carbons (Fsp3) is 0.786. The second-order valence-corrected chi connectivity index (χ2v) is 6.46. The number of hydrogen-bond acceptors (Lipinski definition) is 5. The van der Waals surface area contributed by atoms with Gasteiger partial charge in [-0.15, -0.1) is 0 Å². The second-order valence-electron chi connectivity index (χ2n) is 6.06. The van der Waals surface area contributed by atoms with E-state index in [2.05, 4.69) is 0 Å².